The largest absolute Gasteiger partial charge is 0.344 e. The van der Waals surface area contributed by atoms with E-state index in [-0.39, 0.29) is 0 Å². The topological polar surface area (TPSA) is 41.6 Å². The third kappa shape index (κ3) is 4.01. The van der Waals surface area contributed by atoms with Crippen LogP contribution in [0.25, 0.3) is 22.4 Å². The van der Waals surface area contributed by atoms with Crippen molar-refractivity contribution in [2.75, 3.05) is 4.93 Å². The highest BCUT2D eigenvalue weighted by Crippen LogP contribution is 2.32. The molecule has 0 aliphatic carbocycles. The monoisotopic (exact) mass is 387 g/mol. The van der Waals surface area contributed by atoms with Gasteiger partial charge in [0.2, 0.25) is 0 Å². The minimum Gasteiger partial charge on any atom is -0.344 e. The second-order valence-corrected chi connectivity index (χ2v) is 4.67. The van der Waals surface area contributed by atoms with Crippen molar-refractivity contribution in [3.63, 3.8) is 0 Å². The molecule has 2 aromatic heterocycles. The van der Waals surface area contributed by atoms with Gasteiger partial charge >= 0.3 is 0 Å². The van der Waals surface area contributed by atoms with E-state index in [0.717, 1.165) is 27.8 Å². The Hall–Kier alpha value is -0.950. The van der Waals surface area contributed by atoms with E-state index in [2.05, 4.69) is 64.0 Å². The Labute approximate surface area is 132 Å². The molecular weight excluding hydrogens is 369 g/mol. The summed E-state index contributed by atoms with van der Waals surface area (Å²) in [6.07, 6.45) is 8.53. The maximum Gasteiger partial charge on any atom is 0.149 e. The summed E-state index contributed by atoms with van der Waals surface area (Å²) < 4.78 is 0. The molecule has 5 heteroatoms. The lowest BCUT2D eigenvalue weighted by Crippen LogP contribution is -1.80. The molecular formula is C14H18IN3S. The number of H-pyrrole nitrogens is 1. The van der Waals surface area contributed by atoms with Gasteiger partial charge in [-0.15, -0.1) is 11.3 Å². The molecule has 0 spiro atoms. The summed E-state index contributed by atoms with van der Waals surface area (Å²) >= 11 is 3.80. The first-order valence-corrected chi connectivity index (χ1v) is 8.91. The van der Waals surface area contributed by atoms with Gasteiger partial charge in [-0.1, -0.05) is 42.2 Å². The highest BCUT2D eigenvalue weighted by Gasteiger charge is 2.13. The number of aromatic amines is 1. The van der Waals surface area contributed by atoms with E-state index < -0.39 is 0 Å². The fraction of sp³-hybridized carbons (Fsp3) is 0.286. The zero-order chi connectivity index (χ0) is 14.3. The Morgan fingerprint density at radius 1 is 1.53 bits per heavy atom. The molecule has 102 valence electrons. The van der Waals surface area contributed by atoms with Crippen LogP contribution >= 0.6 is 33.9 Å². The van der Waals surface area contributed by atoms with Gasteiger partial charge < -0.3 is 4.98 Å². The van der Waals surface area contributed by atoms with Crippen LogP contribution in [0.1, 0.15) is 31.0 Å². The van der Waals surface area contributed by atoms with E-state index in [4.69, 9.17) is 0 Å². The van der Waals surface area contributed by atoms with Crippen molar-refractivity contribution in [1.29, 1.82) is 0 Å². The number of hydrogen-bond acceptors (Lipinski definition) is 3. The highest BCUT2D eigenvalue weighted by atomic mass is 127. The average molecular weight is 387 g/mol. The van der Waals surface area contributed by atoms with Crippen molar-refractivity contribution in [2.24, 2.45) is 0 Å². The first-order chi connectivity index (χ1) is 9.26. The zero-order valence-electron chi connectivity index (χ0n) is 11.4. The van der Waals surface area contributed by atoms with Gasteiger partial charge in [-0.25, -0.2) is 9.97 Å². The van der Waals surface area contributed by atoms with Crippen molar-refractivity contribution in [1.82, 2.24) is 15.0 Å². The van der Waals surface area contributed by atoms with E-state index >= 15 is 0 Å². The van der Waals surface area contributed by atoms with E-state index in [1.54, 1.807) is 23.6 Å². The smallest absolute Gasteiger partial charge is 0.149 e. The standard InChI is InChI=1S/C13H15N3S.CH3I/c1-4-6-9(3)13-16-10(5-2)11(17-13)12-14-7-8-15-12;1-2/h5-8H,2,4H2,1,3H3,(H,14,15);1H3/b9-6+;. The molecule has 0 aromatic carbocycles. The predicted octanol–water partition coefficient (Wildman–Crippen LogP) is 5.04. The minimum absolute atomic E-state index is 0.855. The summed E-state index contributed by atoms with van der Waals surface area (Å²) in [6, 6.07) is 0. The summed E-state index contributed by atoms with van der Waals surface area (Å²) in [6.45, 7) is 8.01. The molecule has 0 fully saturated rings. The average Bonchev–Trinajstić information content (AvgIpc) is 3.10. The fourth-order valence-corrected chi connectivity index (χ4v) is 2.62. The number of nitrogens with one attached hydrogen (secondary N) is 1. The fourth-order valence-electron chi connectivity index (χ4n) is 1.59. The number of halogens is 1. The maximum absolute atomic E-state index is 4.58. The number of imidazole rings is 1. The van der Waals surface area contributed by atoms with E-state index in [1.807, 2.05) is 11.1 Å². The Morgan fingerprint density at radius 3 is 2.79 bits per heavy atom. The molecule has 0 radical (unpaired) electrons. The summed E-state index contributed by atoms with van der Waals surface area (Å²) in [4.78, 5) is 15.0. The minimum atomic E-state index is 0.855. The SMILES string of the molecule is C=Cc1nc(/C(C)=C/CC)sc1-c1ncc[nH]1.CI. The van der Waals surface area contributed by atoms with Crippen molar-refractivity contribution < 1.29 is 0 Å². The molecule has 0 unspecified atom stereocenters. The van der Waals surface area contributed by atoms with Gasteiger partial charge in [0.1, 0.15) is 10.8 Å². The zero-order valence-corrected chi connectivity index (χ0v) is 14.4. The van der Waals surface area contributed by atoms with Crippen molar-refractivity contribution in [2.45, 2.75) is 20.3 Å². The summed E-state index contributed by atoms with van der Waals surface area (Å²) in [7, 11) is 0. The molecule has 0 aliphatic heterocycles. The molecule has 3 nitrogen and oxygen atoms in total. The predicted molar refractivity (Wildman–Crippen MR) is 93.7 cm³/mol. The first-order valence-electron chi connectivity index (χ1n) is 5.94. The molecule has 2 heterocycles. The third-order valence-electron chi connectivity index (χ3n) is 2.41. The van der Waals surface area contributed by atoms with Crippen LogP contribution in [0.5, 0.6) is 0 Å². The number of hydrogen-bond donors (Lipinski definition) is 1. The Kier molecular flexibility index (Phi) is 7.01. The second-order valence-electron chi connectivity index (χ2n) is 3.67. The summed E-state index contributed by atoms with van der Waals surface area (Å²) in [5.41, 5.74) is 2.10. The van der Waals surface area contributed by atoms with Crippen LogP contribution in [-0.4, -0.2) is 19.9 Å². The van der Waals surface area contributed by atoms with Crippen LogP contribution in [0.2, 0.25) is 0 Å². The quantitative estimate of drug-likeness (QED) is 0.590. The highest BCUT2D eigenvalue weighted by molar-refractivity contribution is 14.1. The molecule has 0 bridgehead atoms. The molecule has 0 saturated heterocycles. The molecule has 19 heavy (non-hydrogen) atoms. The van der Waals surface area contributed by atoms with Crippen molar-refractivity contribution in [3.05, 3.63) is 35.8 Å². The lowest BCUT2D eigenvalue weighted by Gasteiger charge is -1.92. The molecule has 1 N–H and O–H groups in total. The second kappa shape index (κ2) is 8.27. The van der Waals surface area contributed by atoms with Crippen LogP contribution in [0.3, 0.4) is 0 Å². The van der Waals surface area contributed by atoms with E-state index in [0.29, 0.717) is 0 Å². The Morgan fingerprint density at radius 2 is 2.26 bits per heavy atom. The first kappa shape index (κ1) is 16.1. The summed E-state index contributed by atoms with van der Waals surface area (Å²) in [5.74, 6) is 0.855. The number of nitrogens with zero attached hydrogens (tertiary/aromatic N) is 2. The van der Waals surface area contributed by atoms with Crippen LogP contribution in [-0.2, 0) is 0 Å². The molecule has 0 saturated carbocycles. The number of allylic oxidation sites excluding steroid dienone is 2. The van der Waals surface area contributed by atoms with Crippen LogP contribution in [0.15, 0.2) is 25.0 Å². The molecule has 2 rings (SSSR count). The number of thiazole rings is 1. The van der Waals surface area contributed by atoms with E-state index in [1.165, 1.54) is 5.57 Å². The number of rotatable bonds is 4. The maximum atomic E-state index is 4.58. The van der Waals surface area contributed by atoms with Gasteiger partial charge in [0.05, 0.1) is 10.6 Å². The van der Waals surface area contributed by atoms with Crippen LogP contribution in [0, 0.1) is 0 Å². The van der Waals surface area contributed by atoms with Crippen molar-refractivity contribution in [3.8, 4) is 10.7 Å². The Bertz CT molecular complexity index is 541. The van der Waals surface area contributed by atoms with E-state index in [9.17, 15) is 0 Å². The van der Waals surface area contributed by atoms with Gasteiger partial charge in [0.15, 0.2) is 0 Å². The van der Waals surface area contributed by atoms with Gasteiger partial charge in [-0.2, -0.15) is 0 Å². The van der Waals surface area contributed by atoms with Gasteiger partial charge in [-0.05, 0) is 29.9 Å². The molecule has 0 aliphatic rings. The van der Waals surface area contributed by atoms with Gasteiger partial charge in [-0.3, -0.25) is 0 Å². The molecule has 2 aromatic rings. The lowest BCUT2D eigenvalue weighted by molar-refractivity contribution is 1.21. The van der Waals surface area contributed by atoms with Gasteiger partial charge in [0.25, 0.3) is 0 Å². The van der Waals surface area contributed by atoms with Crippen LogP contribution < -0.4 is 0 Å². The third-order valence-corrected chi connectivity index (χ3v) is 3.62. The molecule has 0 atom stereocenters. The number of alkyl halides is 1. The van der Waals surface area contributed by atoms with Crippen molar-refractivity contribution >= 4 is 45.6 Å². The lowest BCUT2D eigenvalue weighted by atomic mass is 10.2. The normalized spacial score (nSPS) is 10.8. The molecule has 0 amide bonds. The van der Waals surface area contributed by atoms with Crippen LogP contribution in [0.4, 0.5) is 0 Å². The number of aromatic nitrogens is 3. The summed E-state index contributed by atoms with van der Waals surface area (Å²) in [5, 5.41) is 1.04. The Balaban J connectivity index is 0.000000861. The van der Waals surface area contributed by atoms with Gasteiger partial charge in [0, 0.05) is 12.4 Å².